The third kappa shape index (κ3) is 4.54. The minimum atomic E-state index is -0.666. The van der Waals surface area contributed by atoms with Crippen LogP contribution in [0.25, 0.3) is 0 Å². The standard InChI is InChI=1S/C21H25N3O4/c1-3-12-22-21(26)19-13-24(16-9-5-7-11-18(16)28-19)14-20(25)23-15-8-4-6-10-17(15)27-2/h4-11,19H,3,12-14H2,1-2H3,(H,22,26)(H,23,25)/t19-/m0/s1. The van der Waals surface area contributed by atoms with Crippen LogP contribution in [0.4, 0.5) is 11.4 Å². The van der Waals surface area contributed by atoms with Crippen LogP contribution in [-0.4, -0.2) is 44.7 Å². The van der Waals surface area contributed by atoms with Crippen molar-refractivity contribution in [2.24, 2.45) is 0 Å². The molecule has 1 aliphatic heterocycles. The van der Waals surface area contributed by atoms with Gasteiger partial charge in [0.05, 0.1) is 31.6 Å². The first-order valence-electron chi connectivity index (χ1n) is 9.33. The highest BCUT2D eigenvalue weighted by molar-refractivity contribution is 5.96. The van der Waals surface area contributed by atoms with Gasteiger partial charge in [0.1, 0.15) is 11.5 Å². The zero-order valence-corrected chi connectivity index (χ0v) is 16.1. The minimum absolute atomic E-state index is 0.0932. The van der Waals surface area contributed by atoms with E-state index in [-0.39, 0.29) is 18.4 Å². The number of rotatable bonds is 7. The summed E-state index contributed by atoms with van der Waals surface area (Å²) in [5.41, 5.74) is 1.39. The topological polar surface area (TPSA) is 79.9 Å². The number of hydrogen-bond acceptors (Lipinski definition) is 5. The summed E-state index contributed by atoms with van der Waals surface area (Å²) in [7, 11) is 1.56. The summed E-state index contributed by atoms with van der Waals surface area (Å²) in [4.78, 5) is 26.9. The Kier molecular flexibility index (Phi) is 6.37. The molecule has 1 aliphatic rings. The summed E-state index contributed by atoms with van der Waals surface area (Å²) in [6, 6.07) is 14.6. The van der Waals surface area contributed by atoms with Crippen LogP contribution in [0.15, 0.2) is 48.5 Å². The van der Waals surface area contributed by atoms with Crippen LogP contribution in [0, 0.1) is 0 Å². The first-order chi connectivity index (χ1) is 13.6. The van der Waals surface area contributed by atoms with Crippen molar-refractivity contribution in [3.8, 4) is 11.5 Å². The number of para-hydroxylation sites is 4. The molecule has 28 heavy (non-hydrogen) atoms. The Hall–Kier alpha value is -3.22. The quantitative estimate of drug-likeness (QED) is 0.768. The Balaban J connectivity index is 1.74. The number of carbonyl (C=O) groups excluding carboxylic acids is 2. The number of anilines is 2. The molecule has 0 spiro atoms. The Labute approximate surface area is 164 Å². The van der Waals surface area contributed by atoms with Gasteiger partial charge in [0, 0.05) is 6.54 Å². The van der Waals surface area contributed by atoms with Gasteiger partial charge in [-0.2, -0.15) is 0 Å². The molecule has 0 saturated heterocycles. The molecule has 1 atom stereocenters. The van der Waals surface area contributed by atoms with E-state index in [0.29, 0.717) is 30.3 Å². The van der Waals surface area contributed by atoms with Crippen molar-refractivity contribution < 1.29 is 19.1 Å². The molecule has 2 amide bonds. The number of benzene rings is 2. The lowest BCUT2D eigenvalue weighted by Gasteiger charge is -2.35. The predicted octanol–water partition coefficient (Wildman–Crippen LogP) is 2.43. The number of carbonyl (C=O) groups is 2. The van der Waals surface area contributed by atoms with Crippen molar-refractivity contribution in [1.82, 2.24) is 5.32 Å². The van der Waals surface area contributed by atoms with Gasteiger partial charge in [-0.15, -0.1) is 0 Å². The molecule has 3 rings (SSSR count). The fraction of sp³-hybridized carbons (Fsp3) is 0.333. The summed E-state index contributed by atoms with van der Waals surface area (Å²) in [5, 5.41) is 5.72. The van der Waals surface area contributed by atoms with Gasteiger partial charge in [0.25, 0.3) is 5.91 Å². The minimum Gasteiger partial charge on any atom is -0.495 e. The second kappa shape index (κ2) is 9.12. The van der Waals surface area contributed by atoms with E-state index in [1.807, 2.05) is 42.2 Å². The molecule has 2 aromatic rings. The molecule has 0 aromatic heterocycles. The molecule has 2 aromatic carbocycles. The lowest BCUT2D eigenvalue weighted by atomic mass is 10.1. The third-order valence-corrected chi connectivity index (χ3v) is 4.42. The van der Waals surface area contributed by atoms with Crippen LogP contribution in [-0.2, 0) is 9.59 Å². The molecule has 0 saturated carbocycles. The zero-order valence-electron chi connectivity index (χ0n) is 16.1. The largest absolute Gasteiger partial charge is 0.495 e. The van der Waals surface area contributed by atoms with Crippen LogP contribution < -0.4 is 25.0 Å². The van der Waals surface area contributed by atoms with Crippen molar-refractivity contribution in [3.63, 3.8) is 0 Å². The van der Waals surface area contributed by atoms with E-state index >= 15 is 0 Å². The Morgan fingerprint density at radius 1 is 1.18 bits per heavy atom. The number of nitrogens with zero attached hydrogens (tertiary/aromatic N) is 1. The van der Waals surface area contributed by atoms with Crippen LogP contribution in [0.3, 0.4) is 0 Å². The van der Waals surface area contributed by atoms with Crippen molar-refractivity contribution >= 4 is 23.2 Å². The molecule has 148 valence electrons. The fourth-order valence-corrected chi connectivity index (χ4v) is 3.07. The molecule has 2 N–H and O–H groups in total. The number of ether oxygens (including phenoxy) is 2. The van der Waals surface area contributed by atoms with E-state index in [1.54, 1.807) is 25.3 Å². The average Bonchev–Trinajstić information content (AvgIpc) is 2.72. The summed E-state index contributed by atoms with van der Waals surface area (Å²) in [5.74, 6) is 0.811. The van der Waals surface area contributed by atoms with Gasteiger partial charge in [0.15, 0.2) is 6.10 Å². The molecule has 0 fully saturated rings. The maximum absolute atomic E-state index is 12.7. The Morgan fingerprint density at radius 3 is 2.71 bits per heavy atom. The van der Waals surface area contributed by atoms with Gasteiger partial charge in [-0.3, -0.25) is 9.59 Å². The lowest BCUT2D eigenvalue weighted by molar-refractivity contribution is -0.128. The van der Waals surface area contributed by atoms with Crippen LogP contribution in [0.5, 0.6) is 11.5 Å². The summed E-state index contributed by atoms with van der Waals surface area (Å²) < 4.78 is 11.1. The van der Waals surface area contributed by atoms with E-state index in [9.17, 15) is 9.59 Å². The first-order valence-corrected chi connectivity index (χ1v) is 9.33. The van der Waals surface area contributed by atoms with Crippen LogP contribution in [0.1, 0.15) is 13.3 Å². The number of nitrogens with one attached hydrogen (secondary N) is 2. The van der Waals surface area contributed by atoms with E-state index in [4.69, 9.17) is 9.47 Å². The second-order valence-corrected chi connectivity index (χ2v) is 6.49. The highest BCUT2D eigenvalue weighted by Crippen LogP contribution is 2.33. The van der Waals surface area contributed by atoms with Crippen molar-refractivity contribution in [1.29, 1.82) is 0 Å². The number of amides is 2. The molecule has 0 aliphatic carbocycles. The maximum atomic E-state index is 12.7. The zero-order chi connectivity index (χ0) is 19.9. The molecular formula is C21H25N3O4. The van der Waals surface area contributed by atoms with Gasteiger partial charge in [-0.05, 0) is 30.7 Å². The van der Waals surface area contributed by atoms with E-state index in [1.165, 1.54) is 0 Å². The monoisotopic (exact) mass is 383 g/mol. The average molecular weight is 383 g/mol. The molecule has 1 heterocycles. The van der Waals surface area contributed by atoms with Crippen molar-refractivity contribution in [2.75, 3.05) is 37.0 Å². The molecule has 0 unspecified atom stereocenters. The number of hydrogen-bond donors (Lipinski definition) is 2. The third-order valence-electron chi connectivity index (χ3n) is 4.42. The SMILES string of the molecule is CCCNC(=O)[C@@H]1CN(CC(=O)Nc2ccccc2OC)c2ccccc2O1. The van der Waals surface area contributed by atoms with Gasteiger partial charge >= 0.3 is 0 Å². The van der Waals surface area contributed by atoms with Gasteiger partial charge in [-0.1, -0.05) is 31.2 Å². The van der Waals surface area contributed by atoms with E-state index in [2.05, 4.69) is 10.6 Å². The second-order valence-electron chi connectivity index (χ2n) is 6.49. The lowest BCUT2D eigenvalue weighted by Crippen LogP contribution is -2.50. The summed E-state index contributed by atoms with van der Waals surface area (Å²) in [6.45, 7) is 2.97. The summed E-state index contributed by atoms with van der Waals surface area (Å²) in [6.07, 6.45) is 0.181. The molecule has 7 heteroatoms. The van der Waals surface area contributed by atoms with Crippen molar-refractivity contribution in [2.45, 2.75) is 19.4 Å². The van der Waals surface area contributed by atoms with E-state index in [0.717, 1.165) is 12.1 Å². The highest BCUT2D eigenvalue weighted by atomic mass is 16.5. The smallest absolute Gasteiger partial charge is 0.262 e. The van der Waals surface area contributed by atoms with Crippen LogP contribution >= 0.6 is 0 Å². The fourth-order valence-electron chi connectivity index (χ4n) is 3.07. The highest BCUT2D eigenvalue weighted by Gasteiger charge is 2.31. The van der Waals surface area contributed by atoms with E-state index < -0.39 is 6.10 Å². The number of fused-ring (bicyclic) bond motifs is 1. The predicted molar refractivity (Wildman–Crippen MR) is 108 cm³/mol. The Bertz CT molecular complexity index is 840. The normalized spacial score (nSPS) is 15.2. The van der Waals surface area contributed by atoms with Gasteiger partial charge in [0.2, 0.25) is 5.91 Å². The van der Waals surface area contributed by atoms with Gasteiger partial charge in [-0.25, -0.2) is 0 Å². The molecule has 7 nitrogen and oxygen atoms in total. The molecule has 0 radical (unpaired) electrons. The van der Waals surface area contributed by atoms with Crippen molar-refractivity contribution in [3.05, 3.63) is 48.5 Å². The Morgan fingerprint density at radius 2 is 1.93 bits per heavy atom. The van der Waals surface area contributed by atoms with Crippen LogP contribution in [0.2, 0.25) is 0 Å². The van der Waals surface area contributed by atoms with Gasteiger partial charge < -0.3 is 25.0 Å². The summed E-state index contributed by atoms with van der Waals surface area (Å²) >= 11 is 0. The molecule has 0 bridgehead atoms. The molecular weight excluding hydrogens is 358 g/mol. The number of methoxy groups -OCH3 is 1. The maximum Gasteiger partial charge on any atom is 0.262 e. The first kappa shape index (κ1) is 19.5.